The maximum atomic E-state index is 5.28. The van der Waals surface area contributed by atoms with E-state index in [2.05, 4.69) is 27.6 Å². The number of nitrogens with one attached hydrogen (secondary N) is 1. The van der Waals surface area contributed by atoms with Crippen LogP contribution in [0.1, 0.15) is 5.56 Å². The van der Waals surface area contributed by atoms with Crippen LogP contribution in [-0.4, -0.2) is 16.7 Å². The second-order valence-electron chi connectivity index (χ2n) is 3.11. The lowest BCUT2D eigenvalue weighted by molar-refractivity contribution is 0.586. The number of nitrogen functional groups attached to an aromatic ring is 1. The zero-order valence-electron chi connectivity index (χ0n) is 8.18. The van der Waals surface area contributed by atoms with Gasteiger partial charge in [-0.2, -0.15) is 0 Å². The Bertz CT molecular complexity index is 412. The highest BCUT2D eigenvalue weighted by Crippen LogP contribution is 2.06. The highest BCUT2D eigenvalue weighted by molar-refractivity contribution is 5.23. The van der Waals surface area contributed by atoms with Crippen LogP contribution < -0.4 is 11.1 Å². The molecule has 5 heteroatoms. The Hall–Kier alpha value is -2.04. The third-order valence-corrected chi connectivity index (χ3v) is 1.97. The molecule has 0 aliphatic rings. The van der Waals surface area contributed by atoms with Crippen molar-refractivity contribution in [2.45, 2.75) is 6.42 Å². The van der Waals surface area contributed by atoms with E-state index >= 15 is 0 Å². The van der Waals surface area contributed by atoms with Gasteiger partial charge in [0.25, 0.3) is 0 Å². The summed E-state index contributed by atoms with van der Waals surface area (Å²) in [4.78, 5) is 0. The second kappa shape index (κ2) is 4.45. The predicted octanol–water partition coefficient (Wildman–Crippen LogP) is 1.31. The summed E-state index contributed by atoms with van der Waals surface area (Å²) in [7, 11) is 0. The maximum absolute atomic E-state index is 5.28. The predicted molar refractivity (Wildman–Crippen MR) is 57.3 cm³/mol. The average Bonchev–Trinajstić information content (AvgIpc) is 2.66. The topological polar surface area (TPSA) is 77.0 Å². The van der Waals surface area contributed by atoms with Crippen molar-refractivity contribution in [3.63, 3.8) is 0 Å². The minimum Gasteiger partial charge on any atom is -0.390 e. The molecule has 2 rings (SSSR count). The summed E-state index contributed by atoms with van der Waals surface area (Å²) in [6.07, 6.45) is 0.906. The zero-order valence-corrected chi connectivity index (χ0v) is 8.18. The third-order valence-electron chi connectivity index (χ3n) is 1.97. The van der Waals surface area contributed by atoms with Crippen molar-refractivity contribution in [1.82, 2.24) is 10.2 Å². The Kier molecular flexibility index (Phi) is 2.82. The molecule has 0 aliphatic carbocycles. The van der Waals surface area contributed by atoms with Crippen LogP contribution in [0.4, 0.5) is 12.0 Å². The van der Waals surface area contributed by atoms with Crippen molar-refractivity contribution in [2.24, 2.45) is 0 Å². The van der Waals surface area contributed by atoms with Crippen LogP contribution in [0, 0.1) is 0 Å². The molecule has 0 amide bonds. The number of aromatic nitrogens is 2. The molecule has 0 saturated heterocycles. The van der Waals surface area contributed by atoms with Gasteiger partial charge in [0.15, 0.2) is 0 Å². The fourth-order valence-corrected chi connectivity index (χ4v) is 1.26. The van der Waals surface area contributed by atoms with Crippen molar-refractivity contribution in [1.29, 1.82) is 0 Å². The van der Waals surface area contributed by atoms with Gasteiger partial charge in [-0.3, -0.25) is 0 Å². The molecule has 0 radical (unpaired) electrons. The Labute approximate surface area is 87.3 Å². The molecule has 0 saturated carbocycles. The van der Waals surface area contributed by atoms with Gasteiger partial charge >= 0.3 is 12.0 Å². The minimum atomic E-state index is 0.0808. The highest BCUT2D eigenvalue weighted by Gasteiger charge is 2.00. The Balaban J connectivity index is 1.80. The number of hydrogen-bond donors (Lipinski definition) is 2. The second-order valence-corrected chi connectivity index (χ2v) is 3.11. The fraction of sp³-hybridized carbons (Fsp3) is 0.200. The van der Waals surface area contributed by atoms with Crippen molar-refractivity contribution < 1.29 is 4.42 Å². The standard InChI is InChI=1S/C10H12N4O/c11-9-13-14-10(15-9)12-7-6-8-4-2-1-3-5-8/h1-5H,6-7H2,(H2,11,13)(H,12,14). The van der Waals surface area contributed by atoms with Gasteiger partial charge in [0, 0.05) is 6.54 Å². The normalized spacial score (nSPS) is 10.1. The van der Waals surface area contributed by atoms with E-state index in [-0.39, 0.29) is 6.01 Å². The van der Waals surface area contributed by atoms with Gasteiger partial charge in [-0.25, -0.2) is 0 Å². The molecule has 1 heterocycles. The molecular weight excluding hydrogens is 192 g/mol. The quantitative estimate of drug-likeness (QED) is 0.785. The van der Waals surface area contributed by atoms with Crippen LogP contribution in [-0.2, 0) is 6.42 Å². The van der Waals surface area contributed by atoms with Gasteiger partial charge in [-0.05, 0) is 12.0 Å². The van der Waals surface area contributed by atoms with Gasteiger partial charge in [-0.15, -0.1) is 0 Å². The van der Waals surface area contributed by atoms with Gasteiger partial charge < -0.3 is 15.5 Å². The van der Waals surface area contributed by atoms with Crippen LogP contribution in [0.2, 0.25) is 0 Å². The Morgan fingerprint density at radius 1 is 1.20 bits per heavy atom. The fourth-order valence-electron chi connectivity index (χ4n) is 1.26. The molecule has 78 valence electrons. The first-order valence-electron chi connectivity index (χ1n) is 4.71. The summed E-state index contributed by atoms with van der Waals surface area (Å²) in [5.74, 6) is 0. The van der Waals surface area contributed by atoms with Crippen molar-refractivity contribution in [3.8, 4) is 0 Å². The van der Waals surface area contributed by atoms with E-state index in [9.17, 15) is 0 Å². The first-order chi connectivity index (χ1) is 7.34. The molecule has 1 aromatic heterocycles. The minimum absolute atomic E-state index is 0.0808. The monoisotopic (exact) mass is 204 g/mol. The Morgan fingerprint density at radius 2 is 2.00 bits per heavy atom. The van der Waals surface area contributed by atoms with E-state index in [4.69, 9.17) is 10.2 Å². The summed E-state index contributed by atoms with van der Waals surface area (Å²) in [6.45, 7) is 0.742. The molecular formula is C10H12N4O. The molecule has 3 N–H and O–H groups in total. The molecule has 0 aliphatic heterocycles. The molecule has 1 aromatic carbocycles. The van der Waals surface area contributed by atoms with Gasteiger partial charge in [0.05, 0.1) is 0 Å². The van der Waals surface area contributed by atoms with Crippen LogP contribution >= 0.6 is 0 Å². The molecule has 2 aromatic rings. The molecule has 0 unspecified atom stereocenters. The van der Waals surface area contributed by atoms with Crippen LogP contribution in [0.25, 0.3) is 0 Å². The van der Waals surface area contributed by atoms with E-state index in [1.54, 1.807) is 0 Å². The maximum Gasteiger partial charge on any atom is 0.316 e. The molecule has 0 fully saturated rings. The van der Waals surface area contributed by atoms with Crippen LogP contribution in [0.5, 0.6) is 0 Å². The smallest absolute Gasteiger partial charge is 0.316 e. The van der Waals surface area contributed by atoms with E-state index in [1.807, 2.05) is 18.2 Å². The number of anilines is 2. The lowest BCUT2D eigenvalue weighted by Gasteiger charge is -2.00. The average molecular weight is 204 g/mol. The summed E-state index contributed by atoms with van der Waals surface area (Å²) >= 11 is 0. The van der Waals surface area contributed by atoms with E-state index in [0.29, 0.717) is 6.01 Å². The van der Waals surface area contributed by atoms with Crippen molar-refractivity contribution in [2.75, 3.05) is 17.6 Å². The number of benzene rings is 1. The van der Waals surface area contributed by atoms with Gasteiger partial charge in [-0.1, -0.05) is 40.5 Å². The first kappa shape index (κ1) is 9.51. The van der Waals surface area contributed by atoms with Crippen LogP contribution in [0.15, 0.2) is 34.7 Å². The Morgan fingerprint density at radius 3 is 2.67 bits per heavy atom. The van der Waals surface area contributed by atoms with Crippen molar-refractivity contribution in [3.05, 3.63) is 35.9 Å². The summed E-state index contributed by atoms with van der Waals surface area (Å²) in [5.41, 5.74) is 6.54. The summed E-state index contributed by atoms with van der Waals surface area (Å²) in [6, 6.07) is 10.6. The van der Waals surface area contributed by atoms with E-state index in [1.165, 1.54) is 5.56 Å². The molecule has 5 nitrogen and oxygen atoms in total. The third kappa shape index (κ3) is 2.70. The molecule has 0 spiro atoms. The number of nitrogens with two attached hydrogens (primary N) is 1. The van der Waals surface area contributed by atoms with E-state index < -0.39 is 0 Å². The number of nitrogens with zero attached hydrogens (tertiary/aromatic N) is 2. The molecule has 0 bridgehead atoms. The lowest BCUT2D eigenvalue weighted by atomic mass is 10.1. The van der Waals surface area contributed by atoms with Crippen molar-refractivity contribution >= 4 is 12.0 Å². The van der Waals surface area contributed by atoms with Crippen LogP contribution in [0.3, 0.4) is 0 Å². The number of rotatable bonds is 4. The van der Waals surface area contributed by atoms with E-state index in [0.717, 1.165) is 13.0 Å². The summed E-state index contributed by atoms with van der Waals surface area (Å²) < 4.78 is 4.97. The highest BCUT2D eigenvalue weighted by atomic mass is 16.4. The zero-order chi connectivity index (χ0) is 10.5. The largest absolute Gasteiger partial charge is 0.390 e. The van der Waals surface area contributed by atoms with Gasteiger partial charge in [0.1, 0.15) is 0 Å². The molecule has 0 atom stereocenters. The molecule has 15 heavy (non-hydrogen) atoms. The first-order valence-corrected chi connectivity index (χ1v) is 4.71. The number of hydrogen-bond acceptors (Lipinski definition) is 5. The SMILES string of the molecule is Nc1nnc(NCCc2ccccc2)o1. The van der Waals surface area contributed by atoms with Gasteiger partial charge in [0.2, 0.25) is 0 Å². The summed E-state index contributed by atoms with van der Waals surface area (Å²) in [5, 5.41) is 10.2. The lowest BCUT2D eigenvalue weighted by Crippen LogP contribution is -2.04.